The molecule has 2 rings (SSSR count). The largest absolute Gasteiger partial charge is 0.491 e. The van der Waals surface area contributed by atoms with Gasteiger partial charge in [0.15, 0.2) is 5.78 Å². The fraction of sp³-hybridized carbons (Fsp3) is 0.200. The third kappa shape index (κ3) is 1.75. The summed E-state index contributed by atoms with van der Waals surface area (Å²) in [6.07, 6.45) is 4.75. The third-order valence-electron chi connectivity index (χ3n) is 1.90. The van der Waals surface area contributed by atoms with Gasteiger partial charge in [0.1, 0.15) is 6.10 Å². The van der Waals surface area contributed by atoms with Crippen LogP contribution in [0.3, 0.4) is 0 Å². The van der Waals surface area contributed by atoms with E-state index >= 15 is 0 Å². The highest BCUT2D eigenvalue weighted by molar-refractivity contribution is 5.90. The first-order valence-electron chi connectivity index (χ1n) is 4.12. The Kier molecular flexibility index (Phi) is 2.08. The standard InChI is InChI=1S/C10H9NO2/c12-8-4-6-13-10(7-8)9-3-1-2-5-11-9/h1-6,10H,7H2/t10-/m0/s1. The highest BCUT2D eigenvalue weighted by Gasteiger charge is 2.19. The number of ether oxygens (including phenoxy) is 1. The molecule has 0 spiro atoms. The predicted octanol–water partition coefficient (Wildman–Crippen LogP) is 1.63. The van der Waals surface area contributed by atoms with Crippen LogP contribution < -0.4 is 0 Å². The van der Waals surface area contributed by atoms with Crippen LogP contribution in [0.5, 0.6) is 0 Å². The molecule has 0 unspecified atom stereocenters. The van der Waals surface area contributed by atoms with E-state index in [2.05, 4.69) is 4.98 Å². The van der Waals surface area contributed by atoms with Crippen molar-refractivity contribution in [2.75, 3.05) is 0 Å². The van der Waals surface area contributed by atoms with Gasteiger partial charge in [-0.1, -0.05) is 6.07 Å². The van der Waals surface area contributed by atoms with Crippen molar-refractivity contribution in [3.8, 4) is 0 Å². The first kappa shape index (κ1) is 7.98. The number of pyridine rings is 1. The minimum Gasteiger partial charge on any atom is -0.491 e. The number of rotatable bonds is 1. The van der Waals surface area contributed by atoms with Crippen LogP contribution in [-0.4, -0.2) is 10.8 Å². The molecule has 0 radical (unpaired) electrons. The van der Waals surface area contributed by atoms with Crippen LogP contribution in [-0.2, 0) is 9.53 Å². The number of allylic oxidation sites excluding steroid dienone is 1. The molecule has 0 aromatic carbocycles. The van der Waals surface area contributed by atoms with Crippen molar-refractivity contribution < 1.29 is 9.53 Å². The summed E-state index contributed by atoms with van der Waals surface area (Å²) in [6, 6.07) is 5.58. The lowest BCUT2D eigenvalue weighted by atomic mass is 10.1. The first-order valence-corrected chi connectivity index (χ1v) is 4.12. The van der Waals surface area contributed by atoms with Gasteiger partial charge in [-0.2, -0.15) is 0 Å². The Balaban J connectivity index is 2.19. The molecule has 13 heavy (non-hydrogen) atoms. The Morgan fingerprint density at radius 1 is 1.46 bits per heavy atom. The summed E-state index contributed by atoms with van der Waals surface area (Å²) < 4.78 is 5.27. The van der Waals surface area contributed by atoms with Crippen LogP contribution in [0.2, 0.25) is 0 Å². The molecular formula is C10H9NO2. The van der Waals surface area contributed by atoms with E-state index in [0.717, 1.165) is 5.69 Å². The van der Waals surface area contributed by atoms with E-state index in [4.69, 9.17) is 4.74 Å². The Labute approximate surface area is 76.1 Å². The van der Waals surface area contributed by atoms with Gasteiger partial charge in [0.25, 0.3) is 0 Å². The highest BCUT2D eigenvalue weighted by Crippen LogP contribution is 2.22. The molecule has 0 amide bonds. The maximum absolute atomic E-state index is 11.1. The Bertz CT molecular complexity index is 332. The zero-order chi connectivity index (χ0) is 9.10. The SMILES string of the molecule is O=C1C=CO[C@H](c2ccccn2)C1. The van der Waals surface area contributed by atoms with E-state index in [9.17, 15) is 4.79 Å². The van der Waals surface area contributed by atoms with Gasteiger partial charge in [0.2, 0.25) is 0 Å². The first-order chi connectivity index (χ1) is 6.36. The van der Waals surface area contributed by atoms with Crippen molar-refractivity contribution in [1.29, 1.82) is 0 Å². The molecule has 0 saturated heterocycles. The smallest absolute Gasteiger partial charge is 0.162 e. The van der Waals surface area contributed by atoms with Gasteiger partial charge in [-0.3, -0.25) is 9.78 Å². The molecule has 66 valence electrons. The topological polar surface area (TPSA) is 39.2 Å². The average molecular weight is 175 g/mol. The minimum atomic E-state index is -0.210. The van der Waals surface area contributed by atoms with E-state index < -0.39 is 0 Å². The molecule has 3 nitrogen and oxygen atoms in total. The van der Waals surface area contributed by atoms with E-state index in [0.29, 0.717) is 6.42 Å². The van der Waals surface area contributed by atoms with Gasteiger partial charge in [-0.15, -0.1) is 0 Å². The predicted molar refractivity (Wildman–Crippen MR) is 46.8 cm³/mol. The minimum absolute atomic E-state index is 0.0851. The van der Waals surface area contributed by atoms with Gasteiger partial charge in [0, 0.05) is 12.3 Å². The molecule has 0 N–H and O–H groups in total. The number of ketones is 1. The van der Waals surface area contributed by atoms with Crippen LogP contribution in [0, 0.1) is 0 Å². The molecule has 0 saturated carbocycles. The quantitative estimate of drug-likeness (QED) is 0.651. The van der Waals surface area contributed by atoms with Gasteiger partial charge < -0.3 is 4.74 Å². The van der Waals surface area contributed by atoms with Crippen molar-refractivity contribution in [1.82, 2.24) is 4.98 Å². The number of nitrogens with zero attached hydrogens (tertiary/aromatic N) is 1. The molecule has 1 aromatic heterocycles. The Morgan fingerprint density at radius 2 is 2.38 bits per heavy atom. The molecule has 1 aliphatic rings. The summed E-state index contributed by atoms with van der Waals surface area (Å²) >= 11 is 0. The number of aromatic nitrogens is 1. The lowest BCUT2D eigenvalue weighted by Crippen LogP contribution is -2.12. The molecule has 1 aromatic rings. The van der Waals surface area contributed by atoms with E-state index in [1.807, 2.05) is 18.2 Å². The Morgan fingerprint density at radius 3 is 3.08 bits per heavy atom. The van der Waals surface area contributed by atoms with Crippen molar-refractivity contribution >= 4 is 5.78 Å². The lowest BCUT2D eigenvalue weighted by molar-refractivity contribution is -0.118. The summed E-state index contributed by atoms with van der Waals surface area (Å²) in [4.78, 5) is 15.2. The van der Waals surface area contributed by atoms with E-state index in [1.165, 1.54) is 12.3 Å². The summed E-state index contributed by atoms with van der Waals surface area (Å²) in [7, 11) is 0. The summed E-state index contributed by atoms with van der Waals surface area (Å²) in [5.74, 6) is 0.0851. The summed E-state index contributed by atoms with van der Waals surface area (Å²) in [5.41, 5.74) is 0.806. The lowest BCUT2D eigenvalue weighted by Gasteiger charge is -2.17. The second-order valence-corrected chi connectivity index (χ2v) is 2.85. The van der Waals surface area contributed by atoms with Crippen LogP contribution in [0.1, 0.15) is 18.2 Å². The van der Waals surface area contributed by atoms with Crippen LogP contribution in [0.25, 0.3) is 0 Å². The molecule has 3 heteroatoms. The number of carbonyl (C=O) groups excluding carboxylic acids is 1. The fourth-order valence-electron chi connectivity index (χ4n) is 1.25. The van der Waals surface area contributed by atoms with Gasteiger partial charge >= 0.3 is 0 Å². The van der Waals surface area contributed by atoms with Gasteiger partial charge in [-0.25, -0.2) is 0 Å². The van der Waals surface area contributed by atoms with Crippen molar-refractivity contribution in [3.63, 3.8) is 0 Å². The number of carbonyl (C=O) groups is 1. The van der Waals surface area contributed by atoms with Gasteiger partial charge in [-0.05, 0) is 12.1 Å². The fourth-order valence-corrected chi connectivity index (χ4v) is 1.25. The molecule has 1 atom stereocenters. The highest BCUT2D eigenvalue weighted by atomic mass is 16.5. The number of hydrogen-bond acceptors (Lipinski definition) is 3. The van der Waals surface area contributed by atoms with Crippen molar-refractivity contribution in [3.05, 3.63) is 42.4 Å². The second kappa shape index (κ2) is 3.39. The zero-order valence-electron chi connectivity index (χ0n) is 7.01. The van der Waals surface area contributed by atoms with Crippen LogP contribution in [0.4, 0.5) is 0 Å². The van der Waals surface area contributed by atoms with E-state index in [-0.39, 0.29) is 11.9 Å². The van der Waals surface area contributed by atoms with E-state index in [1.54, 1.807) is 6.20 Å². The monoisotopic (exact) mass is 175 g/mol. The Hall–Kier alpha value is -1.64. The van der Waals surface area contributed by atoms with Crippen LogP contribution >= 0.6 is 0 Å². The molecule has 0 aliphatic carbocycles. The number of hydrogen-bond donors (Lipinski definition) is 0. The molecular weight excluding hydrogens is 166 g/mol. The second-order valence-electron chi connectivity index (χ2n) is 2.85. The molecule has 0 bridgehead atoms. The van der Waals surface area contributed by atoms with Crippen molar-refractivity contribution in [2.45, 2.75) is 12.5 Å². The van der Waals surface area contributed by atoms with Gasteiger partial charge in [0.05, 0.1) is 18.4 Å². The molecule has 0 fully saturated rings. The maximum atomic E-state index is 11.1. The molecule has 1 aliphatic heterocycles. The summed E-state index contributed by atoms with van der Waals surface area (Å²) in [5, 5.41) is 0. The maximum Gasteiger partial charge on any atom is 0.162 e. The van der Waals surface area contributed by atoms with Crippen molar-refractivity contribution in [2.24, 2.45) is 0 Å². The summed E-state index contributed by atoms with van der Waals surface area (Å²) in [6.45, 7) is 0. The van der Waals surface area contributed by atoms with Crippen LogP contribution in [0.15, 0.2) is 36.7 Å². The zero-order valence-corrected chi connectivity index (χ0v) is 7.01. The molecule has 2 heterocycles. The normalized spacial score (nSPS) is 21.2. The average Bonchev–Trinajstić information content (AvgIpc) is 2.19. The third-order valence-corrected chi connectivity index (χ3v) is 1.90.